The monoisotopic (exact) mass is 399 g/mol. The first-order valence-electron chi connectivity index (χ1n) is 9.38. The summed E-state index contributed by atoms with van der Waals surface area (Å²) in [6.07, 6.45) is 2.87. The maximum absolute atomic E-state index is 12.9. The number of amides is 1. The van der Waals surface area contributed by atoms with Gasteiger partial charge in [-0.1, -0.05) is 13.8 Å². The number of nitrogens with zero attached hydrogens (tertiary/aromatic N) is 3. The standard InChI is InChI=1S/C18H29N3O5S/c1-5-21(6-2)27(24,25)15-11-16(19(4)13-15)17(22)20-10-8-9-14(12-20)18(23)26-7-3/h11,13-14H,5-10,12H2,1-4H3. The average Bonchev–Trinajstić information content (AvgIpc) is 3.05. The number of aromatic nitrogens is 1. The molecule has 1 aliphatic rings. The van der Waals surface area contributed by atoms with Crippen LogP contribution in [0.2, 0.25) is 0 Å². The molecule has 1 saturated heterocycles. The molecule has 152 valence electrons. The zero-order valence-corrected chi connectivity index (χ0v) is 17.3. The van der Waals surface area contributed by atoms with Crippen LogP contribution in [-0.2, 0) is 26.6 Å². The second kappa shape index (κ2) is 8.88. The third-order valence-electron chi connectivity index (χ3n) is 4.87. The van der Waals surface area contributed by atoms with Crippen LogP contribution in [0.5, 0.6) is 0 Å². The smallest absolute Gasteiger partial charge is 0.310 e. The molecule has 0 N–H and O–H groups in total. The molecule has 0 radical (unpaired) electrons. The number of carbonyl (C=O) groups excluding carboxylic acids is 2. The Morgan fingerprint density at radius 3 is 2.52 bits per heavy atom. The van der Waals surface area contributed by atoms with Crippen molar-refractivity contribution in [3.05, 3.63) is 18.0 Å². The van der Waals surface area contributed by atoms with Gasteiger partial charge in [-0.05, 0) is 25.8 Å². The molecule has 9 heteroatoms. The summed E-state index contributed by atoms with van der Waals surface area (Å²) in [4.78, 5) is 26.6. The fourth-order valence-electron chi connectivity index (χ4n) is 3.38. The van der Waals surface area contributed by atoms with Crippen molar-refractivity contribution >= 4 is 21.9 Å². The third-order valence-corrected chi connectivity index (χ3v) is 6.89. The molecule has 27 heavy (non-hydrogen) atoms. The number of hydrogen-bond acceptors (Lipinski definition) is 5. The van der Waals surface area contributed by atoms with Crippen molar-refractivity contribution in [2.75, 3.05) is 32.8 Å². The quantitative estimate of drug-likeness (QED) is 0.648. The molecular formula is C18H29N3O5S. The number of carbonyl (C=O) groups is 2. The predicted molar refractivity (Wildman–Crippen MR) is 101 cm³/mol. The summed E-state index contributed by atoms with van der Waals surface area (Å²) in [5, 5.41) is 0. The van der Waals surface area contributed by atoms with Gasteiger partial charge in [-0.15, -0.1) is 0 Å². The van der Waals surface area contributed by atoms with Crippen molar-refractivity contribution in [2.45, 2.75) is 38.5 Å². The van der Waals surface area contributed by atoms with E-state index in [4.69, 9.17) is 4.74 Å². The number of sulfonamides is 1. The second-order valence-electron chi connectivity index (χ2n) is 6.60. The minimum Gasteiger partial charge on any atom is -0.466 e. The van der Waals surface area contributed by atoms with Gasteiger partial charge in [-0.2, -0.15) is 4.31 Å². The lowest BCUT2D eigenvalue weighted by molar-refractivity contribution is -0.149. The SMILES string of the molecule is CCOC(=O)C1CCCN(C(=O)c2cc(S(=O)(=O)N(CC)CC)cn2C)C1. The van der Waals surface area contributed by atoms with E-state index in [2.05, 4.69) is 0 Å². The van der Waals surface area contributed by atoms with Crippen molar-refractivity contribution in [3.8, 4) is 0 Å². The van der Waals surface area contributed by atoms with Crippen molar-refractivity contribution in [1.29, 1.82) is 0 Å². The minimum atomic E-state index is -3.63. The van der Waals surface area contributed by atoms with Gasteiger partial charge < -0.3 is 14.2 Å². The lowest BCUT2D eigenvalue weighted by Gasteiger charge is -2.31. The number of esters is 1. The molecule has 8 nitrogen and oxygen atoms in total. The largest absolute Gasteiger partial charge is 0.466 e. The lowest BCUT2D eigenvalue weighted by Crippen LogP contribution is -2.43. The van der Waals surface area contributed by atoms with Crippen molar-refractivity contribution in [1.82, 2.24) is 13.8 Å². The molecule has 1 aromatic rings. The highest BCUT2D eigenvalue weighted by Crippen LogP contribution is 2.23. The molecule has 1 fully saturated rings. The number of aryl methyl sites for hydroxylation is 1. The molecule has 1 amide bonds. The second-order valence-corrected chi connectivity index (χ2v) is 8.54. The minimum absolute atomic E-state index is 0.107. The number of rotatable bonds is 7. The molecule has 0 saturated carbocycles. The number of piperidine rings is 1. The molecule has 1 aromatic heterocycles. The van der Waals surface area contributed by atoms with Crippen molar-refractivity contribution in [2.24, 2.45) is 13.0 Å². The summed E-state index contributed by atoms with van der Waals surface area (Å²) < 4.78 is 33.4. The highest BCUT2D eigenvalue weighted by molar-refractivity contribution is 7.89. The fourth-order valence-corrected chi connectivity index (χ4v) is 4.91. The van der Waals surface area contributed by atoms with Gasteiger partial charge in [0.15, 0.2) is 0 Å². The molecule has 2 heterocycles. The van der Waals surface area contributed by atoms with Gasteiger partial charge in [-0.25, -0.2) is 8.42 Å². The topological polar surface area (TPSA) is 88.9 Å². The van der Waals surface area contributed by atoms with Crippen LogP contribution in [0.15, 0.2) is 17.2 Å². The van der Waals surface area contributed by atoms with Crippen LogP contribution < -0.4 is 0 Å². The van der Waals surface area contributed by atoms with Crippen LogP contribution in [0.1, 0.15) is 44.1 Å². The fraction of sp³-hybridized carbons (Fsp3) is 0.667. The first kappa shape index (κ1) is 21.4. The third kappa shape index (κ3) is 4.52. The zero-order valence-electron chi connectivity index (χ0n) is 16.5. The number of likely N-dealkylation sites (tertiary alicyclic amines) is 1. The van der Waals surface area contributed by atoms with Crippen LogP contribution in [0.4, 0.5) is 0 Å². The van der Waals surface area contributed by atoms with Crippen LogP contribution in [-0.4, -0.2) is 66.9 Å². The highest BCUT2D eigenvalue weighted by atomic mass is 32.2. The Labute approximate surface area is 161 Å². The summed E-state index contributed by atoms with van der Waals surface area (Å²) in [7, 11) is -1.98. The summed E-state index contributed by atoms with van der Waals surface area (Å²) in [6.45, 7) is 7.19. The molecule has 1 atom stereocenters. The van der Waals surface area contributed by atoms with Gasteiger partial charge in [0, 0.05) is 39.4 Å². The lowest BCUT2D eigenvalue weighted by atomic mass is 9.98. The Bertz CT molecular complexity index is 783. The maximum Gasteiger partial charge on any atom is 0.310 e. The van der Waals surface area contributed by atoms with Crippen LogP contribution in [0.25, 0.3) is 0 Å². The van der Waals surface area contributed by atoms with Gasteiger partial charge >= 0.3 is 5.97 Å². The van der Waals surface area contributed by atoms with Crippen molar-refractivity contribution < 1.29 is 22.7 Å². The molecule has 2 rings (SSSR count). The number of ether oxygens (including phenoxy) is 1. The normalized spacial score (nSPS) is 18.0. The molecule has 1 aliphatic heterocycles. The van der Waals surface area contributed by atoms with Gasteiger partial charge in [0.25, 0.3) is 5.91 Å². The van der Waals surface area contributed by atoms with E-state index in [1.54, 1.807) is 32.7 Å². The Morgan fingerprint density at radius 1 is 1.26 bits per heavy atom. The Hall–Kier alpha value is -1.87. The van der Waals surface area contributed by atoms with E-state index in [1.807, 2.05) is 0 Å². The predicted octanol–water partition coefficient (Wildman–Crippen LogP) is 1.47. The maximum atomic E-state index is 12.9. The summed E-state index contributed by atoms with van der Waals surface area (Å²) in [5.41, 5.74) is 0.297. The van der Waals surface area contributed by atoms with Gasteiger partial charge in [0.2, 0.25) is 10.0 Å². The molecule has 0 aliphatic carbocycles. The highest BCUT2D eigenvalue weighted by Gasteiger charge is 2.32. The Balaban J connectivity index is 2.22. The van der Waals surface area contributed by atoms with E-state index in [1.165, 1.54) is 21.1 Å². The first-order valence-corrected chi connectivity index (χ1v) is 10.8. The Morgan fingerprint density at radius 2 is 1.93 bits per heavy atom. The Kier molecular flexibility index (Phi) is 7.05. The van der Waals surface area contributed by atoms with Crippen LogP contribution in [0, 0.1) is 5.92 Å². The molecule has 1 unspecified atom stereocenters. The number of hydrogen-bond donors (Lipinski definition) is 0. The van der Waals surface area contributed by atoms with Crippen LogP contribution >= 0.6 is 0 Å². The van der Waals surface area contributed by atoms with E-state index >= 15 is 0 Å². The molecule has 0 bridgehead atoms. The van der Waals surface area contributed by atoms with E-state index < -0.39 is 10.0 Å². The van der Waals surface area contributed by atoms with Gasteiger partial charge in [0.1, 0.15) is 10.6 Å². The molecule has 0 aromatic carbocycles. The summed E-state index contributed by atoms with van der Waals surface area (Å²) >= 11 is 0. The zero-order chi connectivity index (χ0) is 20.2. The van der Waals surface area contributed by atoms with Crippen LogP contribution in [0.3, 0.4) is 0 Å². The summed E-state index contributed by atoms with van der Waals surface area (Å²) in [5.74, 6) is -0.888. The van der Waals surface area contributed by atoms with Gasteiger partial charge in [-0.3, -0.25) is 9.59 Å². The molecule has 0 spiro atoms. The van der Waals surface area contributed by atoms with E-state index in [0.29, 0.717) is 51.3 Å². The summed E-state index contributed by atoms with van der Waals surface area (Å²) in [6, 6.07) is 1.42. The van der Waals surface area contributed by atoms with Gasteiger partial charge in [0.05, 0.1) is 12.5 Å². The first-order chi connectivity index (χ1) is 12.8. The van der Waals surface area contributed by atoms with E-state index in [9.17, 15) is 18.0 Å². The van der Waals surface area contributed by atoms with Crippen molar-refractivity contribution in [3.63, 3.8) is 0 Å². The van der Waals surface area contributed by atoms with E-state index in [-0.39, 0.29) is 22.7 Å². The molecular weight excluding hydrogens is 370 g/mol. The van der Waals surface area contributed by atoms with E-state index in [0.717, 1.165) is 0 Å². The average molecular weight is 400 g/mol.